The van der Waals surface area contributed by atoms with Crippen LogP contribution in [-0.4, -0.2) is 29.1 Å². The molecule has 2 aliphatic rings. The van der Waals surface area contributed by atoms with Gasteiger partial charge in [0.2, 0.25) is 5.91 Å². The highest BCUT2D eigenvalue weighted by Crippen LogP contribution is 2.32. The smallest absolute Gasteiger partial charge is 0.339 e. The Labute approximate surface area is 162 Å². The third-order valence-electron chi connectivity index (χ3n) is 6.43. The summed E-state index contributed by atoms with van der Waals surface area (Å²) in [7, 11) is 0. The molecule has 0 radical (unpaired) electrons. The molecule has 0 aliphatic heterocycles. The van der Waals surface area contributed by atoms with Crippen LogP contribution in [-0.2, 0) is 16.1 Å². The molecule has 5 heteroatoms. The van der Waals surface area contributed by atoms with Crippen LogP contribution in [0.25, 0.3) is 0 Å². The second kappa shape index (κ2) is 8.94. The minimum absolute atomic E-state index is 0.184. The van der Waals surface area contributed by atoms with Crippen molar-refractivity contribution in [3.8, 4) is 0 Å². The zero-order valence-electron chi connectivity index (χ0n) is 17.1. The van der Waals surface area contributed by atoms with Crippen molar-refractivity contribution in [3.05, 3.63) is 23.0 Å². The lowest BCUT2D eigenvalue weighted by atomic mass is 9.81. The number of aryl methyl sites for hydroxylation is 1. The second-order valence-electron chi connectivity index (χ2n) is 8.32. The number of amides is 1. The molecule has 0 saturated heterocycles. The third kappa shape index (κ3) is 4.74. The number of nitrogens with zero attached hydrogens (tertiary/aromatic N) is 1. The fraction of sp³-hybridized carbons (Fsp3) is 0.727. The summed E-state index contributed by atoms with van der Waals surface area (Å²) in [6, 6.07) is 2.36. The fourth-order valence-electron chi connectivity index (χ4n) is 4.75. The van der Waals surface area contributed by atoms with Crippen LogP contribution >= 0.6 is 0 Å². The zero-order valence-corrected chi connectivity index (χ0v) is 17.1. The SMILES string of the molecule is CCOC(=O)c1cc(C)n(CC2CCC(C(=O)NC3CCCC3)CC2)c1C. The summed E-state index contributed by atoms with van der Waals surface area (Å²) in [5.74, 6) is 0.798. The number of nitrogens with one attached hydrogen (secondary N) is 1. The van der Waals surface area contributed by atoms with Gasteiger partial charge in [0.25, 0.3) is 0 Å². The van der Waals surface area contributed by atoms with Gasteiger partial charge in [-0.3, -0.25) is 4.79 Å². The first-order valence-corrected chi connectivity index (χ1v) is 10.6. The Bertz CT molecular complexity index is 665. The van der Waals surface area contributed by atoms with Crippen LogP contribution < -0.4 is 5.32 Å². The van der Waals surface area contributed by atoms with Gasteiger partial charge >= 0.3 is 5.97 Å². The van der Waals surface area contributed by atoms with E-state index in [1.807, 2.05) is 19.9 Å². The van der Waals surface area contributed by atoms with Crippen LogP contribution in [0.2, 0.25) is 0 Å². The van der Waals surface area contributed by atoms with Crippen molar-refractivity contribution in [2.45, 2.75) is 84.7 Å². The molecule has 3 rings (SSSR count). The van der Waals surface area contributed by atoms with Crippen molar-refractivity contribution in [1.29, 1.82) is 0 Å². The van der Waals surface area contributed by atoms with Crippen molar-refractivity contribution in [3.63, 3.8) is 0 Å². The highest BCUT2D eigenvalue weighted by atomic mass is 16.5. The summed E-state index contributed by atoms with van der Waals surface area (Å²) in [5, 5.41) is 3.26. The minimum atomic E-state index is -0.232. The summed E-state index contributed by atoms with van der Waals surface area (Å²) in [6.07, 6.45) is 8.91. The summed E-state index contributed by atoms with van der Waals surface area (Å²) >= 11 is 0. The van der Waals surface area contributed by atoms with Gasteiger partial charge in [-0.15, -0.1) is 0 Å². The first-order chi connectivity index (χ1) is 13.0. The van der Waals surface area contributed by atoms with Gasteiger partial charge < -0.3 is 14.6 Å². The van der Waals surface area contributed by atoms with Crippen LogP contribution in [0.4, 0.5) is 0 Å². The van der Waals surface area contributed by atoms with Crippen LogP contribution in [0.5, 0.6) is 0 Å². The molecule has 1 aromatic heterocycles. The average molecular weight is 375 g/mol. The van der Waals surface area contributed by atoms with E-state index in [9.17, 15) is 9.59 Å². The molecule has 1 aromatic rings. The van der Waals surface area contributed by atoms with E-state index in [4.69, 9.17) is 4.74 Å². The number of hydrogen-bond acceptors (Lipinski definition) is 3. The molecule has 1 N–H and O–H groups in total. The number of rotatable bonds is 6. The van der Waals surface area contributed by atoms with Gasteiger partial charge in [0.1, 0.15) is 0 Å². The summed E-state index contributed by atoms with van der Waals surface area (Å²) in [6.45, 7) is 7.21. The molecule has 27 heavy (non-hydrogen) atoms. The molecule has 150 valence electrons. The van der Waals surface area contributed by atoms with Crippen LogP contribution in [0.15, 0.2) is 6.07 Å². The topological polar surface area (TPSA) is 60.3 Å². The molecule has 2 fully saturated rings. The molecule has 0 bridgehead atoms. The number of aromatic nitrogens is 1. The number of esters is 1. The third-order valence-corrected chi connectivity index (χ3v) is 6.43. The van der Waals surface area contributed by atoms with E-state index in [0.717, 1.165) is 56.5 Å². The van der Waals surface area contributed by atoms with E-state index in [0.29, 0.717) is 24.1 Å². The lowest BCUT2D eigenvalue weighted by Gasteiger charge is -2.29. The molecule has 0 aromatic carbocycles. The zero-order chi connectivity index (χ0) is 19.4. The van der Waals surface area contributed by atoms with E-state index >= 15 is 0 Å². The molecule has 0 unspecified atom stereocenters. The number of carbonyl (C=O) groups is 2. The Morgan fingerprint density at radius 3 is 2.41 bits per heavy atom. The van der Waals surface area contributed by atoms with Gasteiger partial charge in [0, 0.05) is 29.9 Å². The van der Waals surface area contributed by atoms with E-state index in [-0.39, 0.29) is 17.8 Å². The van der Waals surface area contributed by atoms with E-state index in [1.54, 1.807) is 0 Å². The normalized spacial score (nSPS) is 23.4. The Kier molecular flexibility index (Phi) is 6.61. The lowest BCUT2D eigenvalue weighted by Crippen LogP contribution is -2.39. The average Bonchev–Trinajstić information content (AvgIpc) is 3.26. The number of carbonyl (C=O) groups excluding carboxylic acids is 2. The fourth-order valence-corrected chi connectivity index (χ4v) is 4.75. The van der Waals surface area contributed by atoms with Crippen LogP contribution in [0.3, 0.4) is 0 Å². The molecular weight excluding hydrogens is 340 g/mol. The number of hydrogen-bond donors (Lipinski definition) is 1. The molecule has 5 nitrogen and oxygen atoms in total. The first-order valence-electron chi connectivity index (χ1n) is 10.6. The molecule has 0 atom stereocenters. The van der Waals surface area contributed by atoms with E-state index < -0.39 is 0 Å². The Balaban J connectivity index is 1.53. The highest BCUT2D eigenvalue weighted by molar-refractivity contribution is 5.91. The maximum absolute atomic E-state index is 12.5. The Morgan fingerprint density at radius 2 is 1.78 bits per heavy atom. The van der Waals surface area contributed by atoms with E-state index in [2.05, 4.69) is 16.8 Å². The molecule has 0 spiro atoms. The quantitative estimate of drug-likeness (QED) is 0.761. The summed E-state index contributed by atoms with van der Waals surface area (Å²) in [4.78, 5) is 24.6. The maximum Gasteiger partial charge on any atom is 0.339 e. The standard InChI is InChI=1S/C22H34N2O3/c1-4-27-22(26)20-13-15(2)24(16(20)3)14-17-9-11-18(12-10-17)21(25)23-19-7-5-6-8-19/h13,17-19H,4-12,14H2,1-3H3,(H,23,25). The molecule has 2 aliphatic carbocycles. The lowest BCUT2D eigenvalue weighted by molar-refractivity contribution is -0.126. The van der Waals surface area contributed by atoms with Crippen molar-refractivity contribution in [2.24, 2.45) is 11.8 Å². The molecule has 2 saturated carbocycles. The predicted molar refractivity (Wildman–Crippen MR) is 106 cm³/mol. The van der Waals surface area contributed by atoms with Gasteiger partial charge in [-0.25, -0.2) is 4.79 Å². The monoisotopic (exact) mass is 374 g/mol. The minimum Gasteiger partial charge on any atom is -0.462 e. The van der Waals surface area contributed by atoms with Crippen LogP contribution in [0, 0.1) is 25.7 Å². The molecule has 1 heterocycles. The largest absolute Gasteiger partial charge is 0.462 e. The Hall–Kier alpha value is -1.78. The van der Waals surface area contributed by atoms with Crippen molar-refractivity contribution < 1.29 is 14.3 Å². The van der Waals surface area contributed by atoms with Crippen molar-refractivity contribution in [1.82, 2.24) is 9.88 Å². The predicted octanol–water partition coefficient (Wildman–Crippen LogP) is 4.15. The van der Waals surface area contributed by atoms with Gasteiger partial charge in [-0.2, -0.15) is 0 Å². The van der Waals surface area contributed by atoms with Gasteiger partial charge in [0.05, 0.1) is 12.2 Å². The number of ether oxygens (including phenoxy) is 1. The Morgan fingerprint density at radius 1 is 1.11 bits per heavy atom. The van der Waals surface area contributed by atoms with Crippen molar-refractivity contribution in [2.75, 3.05) is 6.61 Å². The highest BCUT2D eigenvalue weighted by Gasteiger charge is 2.29. The summed E-state index contributed by atoms with van der Waals surface area (Å²) in [5.41, 5.74) is 2.78. The first kappa shape index (κ1) is 20.0. The molecule has 1 amide bonds. The van der Waals surface area contributed by atoms with Crippen molar-refractivity contribution >= 4 is 11.9 Å². The summed E-state index contributed by atoms with van der Waals surface area (Å²) < 4.78 is 7.41. The van der Waals surface area contributed by atoms with Gasteiger partial charge in [-0.1, -0.05) is 12.8 Å². The van der Waals surface area contributed by atoms with E-state index in [1.165, 1.54) is 12.8 Å². The maximum atomic E-state index is 12.5. The van der Waals surface area contributed by atoms with Gasteiger partial charge in [-0.05, 0) is 71.3 Å². The second-order valence-corrected chi connectivity index (χ2v) is 8.32. The van der Waals surface area contributed by atoms with Gasteiger partial charge in [0.15, 0.2) is 0 Å². The molecular formula is C22H34N2O3. The van der Waals surface area contributed by atoms with Crippen LogP contribution in [0.1, 0.15) is 80.0 Å².